The van der Waals surface area contributed by atoms with Crippen molar-refractivity contribution in [3.8, 4) is 0 Å². The summed E-state index contributed by atoms with van der Waals surface area (Å²) in [4.78, 5) is 17.9. The number of hydrogen-bond donors (Lipinski definition) is 1. The largest absolute Gasteiger partial charge is 0.337 e. The first-order valence-electron chi connectivity index (χ1n) is 8.84. The molecule has 2 fully saturated rings. The minimum absolute atomic E-state index is 0.454. The molecule has 0 aliphatic heterocycles. The second-order valence-corrected chi connectivity index (χ2v) is 6.78. The van der Waals surface area contributed by atoms with Gasteiger partial charge in [0, 0.05) is 12.5 Å². The first-order valence-corrected chi connectivity index (χ1v) is 8.84. The van der Waals surface area contributed by atoms with Crippen molar-refractivity contribution in [3.63, 3.8) is 0 Å². The van der Waals surface area contributed by atoms with E-state index in [1.807, 2.05) is 6.33 Å². The molecule has 0 aromatic carbocycles. The number of H-pyrrole nitrogens is 1. The van der Waals surface area contributed by atoms with Crippen LogP contribution in [0, 0.1) is 0 Å². The summed E-state index contributed by atoms with van der Waals surface area (Å²) in [5.74, 6) is 1.77. The van der Waals surface area contributed by atoms with Crippen LogP contribution in [0.3, 0.4) is 0 Å². The lowest BCUT2D eigenvalue weighted by atomic mass is 10.3. The van der Waals surface area contributed by atoms with Crippen molar-refractivity contribution < 1.29 is 0 Å². The van der Waals surface area contributed by atoms with Crippen molar-refractivity contribution in [2.24, 2.45) is 4.99 Å². The molecular formula is C17H25N5. The van der Waals surface area contributed by atoms with Gasteiger partial charge in [-0.15, -0.1) is 0 Å². The molecule has 2 aliphatic carbocycles. The highest BCUT2D eigenvalue weighted by Gasteiger charge is 2.27. The summed E-state index contributed by atoms with van der Waals surface area (Å²) >= 11 is 0. The predicted molar refractivity (Wildman–Crippen MR) is 86.6 cm³/mol. The Hall–Kier alpha value is -1.65. The van der Waals surface area contributed by atoms with Crippen LogP contribution >= 0.6 is 0 Å². The molecular weight excluding hydrogens is 274 g/mol. The average Bonchev–Trinajstić information content (AvgIpc) is 3.07. The van der Waals surface area contributed by atoms with Crippen LogP contribution in [-0.2, 0) is 6.54 Å². The van der Waals surface area contributed by atoms with Crippen LogP contribution < -0.4 is 5.49 Å². The third kappa shape index (κ3) is 2.69. The minimum Gasteiger partial charge on any atom is -0.337 e. The molecule has 22 heavy (non-hydrogen) atoms. The molecule has 2 aromatic rings. The number of hydrogen-bond acceptors (Lipinski definition) is 3. The van der Waals surface area contributed by atoms with E-state index in [0.29, 0.717) is 12.0 Å². The zero-order valence-corrected chi connectivity index (χ0v) is 13.4. The maximum atomic E-state index is 4.90. The van der Waals surface area contributed by atoms with Crippen LogP contribution in [0.15, 0.2) is 11.3 Å². The Morgan fingerprint density at radius 1 is 1.27 bits per heavy atom. The Morgan fingerprint density at radius 2 is 2.09 bits per heavy atom. The average molecular weight is 299 g/mol. The lowest BCUT2D eigenvalue weighted by Crippen LogP contribution is -2.17. The highest BCUT2D eigenvalue weighted by atomic mass is 15.1. The highest BCUT2D eigenvalue weighted by Crippen LogP contribution is 2.38. The van der Waals surface area contributed by atoms with Crippen LogP contribution in [-0.4, -0.2) is 25.6 Å². The Kier molecular flexibility index (Phi) is 3.72. The second kappa shape index (κ2) is 5.86. The van der Waals surface area contributed by atoms with Gasteiger partial charge < -0.3 is 9.55 Å². The molecule has 1 N–H and O–H groups in total. The van der Waals surface area contributed by atoms with E-state index in [1.165, 1.54) is 44.9 Å². The molecule has 0 saturated heterocycles. The highest BCUT2D eigenvalue weighted by molar-refractivity contribution is 5.69. The van der Waals surface area contributed by atoms with E-state index in [0.717, 1.165) is 35.4 Å². The summed E-state index contributed by atoms with van der Waals surface area (Å²) in [5, 5.41) is 0. The Labute approximate surface area is 130 Å². The molecule has 5 heteroatoms. The van der Waals surface area contributed by atoms with Crippen LogP contribution in [0.2, 0.25) is 0 Å². The van der Waals surface area contributed by atoms with E-state index in [2.05, 4.69) is 21.5 Å². The topological polar surface area (TPSA) is 58.9 Å². The van der Waals surface area contributed by atoms with Gasteiger partial charge >= 0.3 is 0 Å². The van der Waals surface area contributed by atoms with Crippen molar-refractivity contribution in [3.05, 3.63) is 17.6 Å². The lowest BCUT2D eigenvalue weighted by molar-refractivity contribution is 0.627. The first kappa shape index (κ1) is 14.0. The molecule has 0 atom stereocenters. The summed E-state index contributed by atoms with van der Waals surface area (Å²) in [6.45, 7) is 3.20. The summed E-state index contributed by atoms with van der Waals surface area (Å²) < 4.78 is 2.19. The van der Waals surface area contributed by atoms with Gasteiger partial charge in [0.1, 0.15) is 11.3 Å². The van der Waals surface area contributed by atoms with Crippen molar-refractivity contribution in [1.82, 2.24) is 19.5 Å². The van der Waals surface area contributed by atoms with Gasteiger partial charge in [0.25, 0.3) is 0 Å². The van der Waals surface area contributed by atoms with E-state index in [1.54, 1.807) is 0 Å². The Balaban J connectivity index is 1.79. The molecule has 0 amide bonds. The van der Waals surface area contributed by atoms with Gasteiger partial charge in [-0.05, 0) is 32.1 Å². The van der Waals surface area contributed by atoms with Crippen LogP contribution in [0.1, 0.15) is 70.0 Å². The molecule has 2 saturated carbocycles. The number of imidazole rings is 1. The molecule has 0 radical (unpaired) electrons. The Bertz CT molecular complexity index is 716. The fourth-order valence-corrected chi connectivity index (χ4v) is 3.34. The third-order valence-corrected chi connectivity index (χ3v) is 4.86. The van der Waals surface area contributed by atoms with Gasteiger partial charge in [-0.25, -0.2) is 9.97 Å². The third-order valence-electron chi connectivity index (χ3n) is 4.86. The van der Waals surface area contributed by atoms with E-state index in [9.17, 15) is 0 Å². The monoisotopic (exact) mass is 299 g/mol. The number of unbranched alkanes of at least 4 members (excludes halogenated alkanes) is 1. The molecule has 118 valence electrons. The maximum Gasteiger partial charge on any atom is 0.176 e. The molecule has 0 spiro atoms. The van der Waals surface area contributed by atoms with Crippen LogP contribution in [0.4, 0.5) is 0 Å². The van der Waals surface area contributed by atoms with Crippen molar-refractivity contribution >= 4 is 11.2 Å². The van der Waals surface area contributed by atoms with Crippen molar-refractivity contribution in [2.75, 3.05) is 0 Å². The standard InChI is InChI=1S/C17H25N5/c1-2-3-10-22-11-18-16(19-13-6-4-5-7-13)14-17(22)21-15(20-14)12-8-9-12/h11-13H,2-10H2,1H3,(H,20,21). The molecule has 0 unspecified atom stereocenters. The Morgan fingerprint density at radius 3 is 2.82 bits per heavy atom. The number of fused-ring (bicyclic) bond motifs is 1. The number of aryl methyl sites for hydroxylation is 1. The molecule has 5 nitrogen and oxygen atoms in total. The van der Waals surface area contributed by atoms with Crippen molar-refractivity contribution in [1.29, 1.82) is 0 Å². The zero-order chi connectivity index (χ0) is 14.9. The number of rotatable bonds is 5. The number of nitrogens with zero attached hydrogens (tertiary/aromatic N) is 4. The van der Waals surface area contributed by atoms with E-state index in [-0.39, 0.29) is 0 Å². The van der Waals surface area contributed by atoms with Gasteiger partial charge in [-0.2, -0.15) is 0 Å². The minimum atomic E-state index is 0.454. The van der Waals surface area contributed by atoms with Gasteiger partial charge in [-0.1, -0.05) is 26.2 Å². The van der Waals surface area contributed by atoms with Crippen LogP contribution in [0.5, 0.6) is 0 Å². The number of nitrogens with one attached hydrogen (secondary N) is 1. The van der Waals surface area contributed by atoms with Gasteiger partial charge in [-0.3, -0.25) is 4.99 Å². The summed E-state index contributed by atoms with van der Waals surface area (Å²) in [6, 6.07) is 0.454. The predicted octanol–water partition coefficient (Wildman–Crippen LogP) is 3.28. The molecule has 2 aromatic heterocycles. The first-order chi connectivity index (χ1) is 10.8. The molecule has 0 bridgehead atoms. The zero-order valence-electron chi connectivity index (χ0n) is 13.4. The lowest BCUT2D eigenvalue weighted by Gasteiger charge is -2.06. The van der Waals surface area contributed by atoms with E-state index < -0.39 is 0 Å². The summed E-state index contributed by atoms with van der Waals surface area (Å²) in [7, 11) is 0. The van der Waals surface area contributed by atoms with Gasteiger partial charge in [0.15, 0.2) is 11.1 Å². The van der Waals surface area contributed by atoms with Gasteiger partial charge in [0.05, 0.1) is 12.4 Å². The van der Waals surface area contributed by atoms with E-state index >= 15 is 0 Å². The second-order valence-electron chi connectivity index (χ2n) is 6.78. The fraction of sp³-hybridized carbons (Fsp3) is 0.706. The molecule has 2 aliphatic rings. The SMILES string of the molecule is CCCCn1cnc(=NC2CCCC2)c2[nH]c(C3CC3)nc21. The number of aromatic nitrogens is 4. The normalized spacial score (nSPS) is 20.3. The summed E-state index contributed by atoms with van der Waals surface area (Å²) in [6.07, 6.45) is 11.8. The van der Waals surface area contributed by atoms with Crippen molar-refractivity contribution in [2.45, 2.75) is 76.8 Å². The van der Waals surface area contributed by atoms with E-state index in [4.69, 9.17) is 9.98 Å². The maximum absolute atomic E-state index is 4.90. The molecule has 4 rings (SSSR count). The fourth-order valence-electron chi connectivity index (χ4n) is 3.34. The number of aromatic amines is 1. The van der Waals surface area contributed by atoms with Gasteiger partial charge in [0.2, 0.25) is 0 Å². The summed E-state index contributed by atoms with van der Waals surface area (Å²) in [5.41, 5.74) is 2.96. The smallest absolute Gasteiger partial charge is 0.176 e. The molecule has 2 heterocycles. The van der Waals surface area contributed by atoms with Crippen LogP contribution in [0.25, 0.3) is 11.2 Å². The quantitative estimate of drug-likeness (QED) is 0.921.